The smallest absolute Gasteiger partial charge is 0.177 e. The highest BCUT2D eigenvalue weighted by molar-refractivity contribution is 6.30. The van der Waals surface area contributed by atoms with Gasteiger partial charge in [0.25, 0.3) is 0 Å². The molecule has 0 saturated heterocycles. The molecule has 0 fully saturated rings. The Kier molecular flexibility index (Phi) is 7.81. The molecule has 0 aromatic heterocycles. The molecule has 3 heteroatoms. The SMILES string of the molecule is O=C(C=CCCc1ccc(Cl)cc1)C=CCCc1ccc(Cl)cc1. The number of ketones is 1. The molecule has 0 aliphatic carbocycles. The van der Waals surface area contributed by atoms with E-state index >= 15 is 0 Å². The summed E-state index contributed by atoms with van der Waals surface area (Å²) in [6.07, 6.45) is 10.6. The van der Waals surface area contributed by atoms with Crippen LogP contribution in [0.5, 0.6) is 0 Å². The highest BCUT2D eigenvalue weighted by Crippen LogP contribution is 2.12. The second-order valence-electron chi connectivity index (χ2n) is 5.54. The molecule has 0 heterocycles. The second-order valence-corrected chi connectivity index (χ2v) is 6.41. The van der Waals surface area contributed by atoms with Crippen LogP contribution < -0.4 is 0 Å². The van der Waals surface area contributed by atoms with Gasteiger partial charge in [0.05, 0.1) is 0 Å². The summed E-state index contributed by atoms with van der Waals surface area (Å²) in [5.41, 5.74) is 2.44. The first-order valence-electron chi connectivity index (χ1n) is 7.99. The van der Waals surface area contributed by atoms with E-state index in [0.717, 1.165) is 35.7 Å². The van der Waals surface area contributed by atoms with Gasteiger partial charge in [-0.1, -0.05) is 59.6 Å². The largest absolute Gasteiger partial charge is 0.290 e. The number of carbonyl (C=O) groups is 1. The van der Waals surface area contributed by atoms with Crippen LogP contribution in [0.15, 0.2) is 72.8 Å². The zero-order valence-electron chi connectivity index (χ0n) is 13.4. The summed E-state index contributed by atoms with van der Waals surface area (Å²) >= 11 is 11.7. The number of carbonyl (C=O) groups excluding carboxylic acids is 1. The number of benzene rings is 2. The minimum Gasteiger partial charge on any atom is -0.290 e. The van der Waals surface area contributed by atoms with E-state index in [9.17, 15) is 4.79 Å². The molecule has 2 aromatic rings. The quantitative estimate of drug-likeness (QED) is 0.510. The maximum atomic E-state index is 11.7. The van der Waals surface area contributed by atoms with Gasteiger partial charge in [-0.05, 0) is 73.2 Å². The zero-order valence-corrected chi connectivity index (χ0v) is 14.9. The predicted octanol–water partition coefficient (Wildman–Crippen LogP) is 6.24. The van der Waals surface area contributed by atoms with E-state index in [2.05, 4.69) is 0 Å². The van der Waals surface area contributed by atoms with Gasteiger partial charge < -0.3 is 0 Å². The fraction of sp³-hybridized carbons (Fsp3) is 0.190. The molecule has 0 radical (unpaired) electrons. The minimum absolute atomic E-state index is 0.0298. The molecule has 0 spiro atoms. The van der Waals surface area contributed by atoms with Crippen molar-refractivity contribution < 1.29 is 4.79 Å². The lowest BCUT2D eigenvalue weighted by Crippen LogP contribution is -1.88. The van der Waals surface area contributed by atoms with Crippen molar-refractivity contribution in [2.45, 2.75) is 25.7 Å². The van der Waals surface area contributed by atoms with Gasteiger partial charge in [-0.25, -0.2) is 0 Å². The Hall–Kier alpha value is -1.83. The van der Waals surface area contributed by atoms with Gasteiger partial charge in [0.15, 0.2) is 5.78 Å². The lowest BCUT2D eigenvalue weighted by Gasteiger charge is -1.98. The molecule has 24 heavy (non-hydrogen) atoms. The molecule has 0 unspecified atom stereocenters. The van der Waals surface area contributed by atoms with Crippen molar-refractivity contribution in [2.75, 3.05) is 0 Å². The molecule has 2 aromatic carbocycles. The Morgan fingerprint density at radius 2 is 1.08 bits per heavy atom. The van der Waals surface area contributed by atoms with Crippen LogP contribution in [0.25, 0.3) is 0 Å². The van der Waals surface area contributed by atoms with Gasteiger partial charge in [0.2, 0.25) is 0 Å². The molecule has 0 atom stereocenters. The average molecular weight is 359 g/mol. The van der Waals surface area contributed by atoms with E-state index in [0.29, 0.717) is 0 Å². The number of hydrogen-bond donors (Lipinski definition) is 0. The van der Waals surface area contributed by atoms with Crippen LogP contribution in [-0.4, -0.2) is 5.78 Å². The molecule has 0 aliphatic heterocycles. The summed E-state index contributed by atoms with van der Waals surface area (Å²) in [6.45, 7) is 0. The third-order valence-corrected chi connectivity index (χ3v) is 4.09. The van der Waals surface area contributed by atoms with Crippen LogP contribution in [0.1, 0.15) is 24.0 Å². The summed E-state index contributed by atoms with van der Waals surface area (Å²) in [6, 6.07) is 15.6. The van der Waals surface area contributed by atoms with Gasteiger partial charge in [-0.3, -0.25) is 4.79 Å². The highest BCUT2D eigenvalue weighted by Gasteiger charge is 1.94. The topological polar surface area (TPSA) is 17.1 Å². The lowest BCUT2D eigenvalue weighted by molar-refractivity contribution is -0.110. The van der Waals surface area contributed by atoms with E-state index in [1.165, 1.54) is 11.1 Å². The monoisotopic (exact) mass is 358 g/mol. The van der Waals surface area contributed by atoms with Crippen LogP contribution in [0.3, 0.4) is 0 Å². The van der Waals surface area contributed by atoms with Gasteiger partial charge >= 0.3 is 0 Å². The summed E-state index contributed by atoms with van der Waals surface area (Å²) in [4.78, 5) is 11.7. The van der Waals surface area contributed by atoms with Crippen molar-refractivity contribution in [1.29, 1.82) is 0 Å². The molecule has 0 N–H and O–H groups in total. The van der Waals surface area contributed by atoms with Crippen molar-refractivity contribution in [3.8, 4) is 0 Å². The third kappa shape index (κ3) is 7.16. The molecule has 0 bridgehead atoms. The first-order valence-corrected chi connectivity index (χ1v) is 8.75. The summed E-state index contributed by atoms with van der Waals surface area (Å²) in [5, 5.41) is 1.49. The highest BCUT2D eigenvalue weighted by atomic mass is 35.5. The zero-order chi connectivity index (χ0) is 17.2. The molecule has 0 saturated carbocycles. The molecule has 1 nitrogen and oxygen atoms in total. The van der Waals surface area contributed by atoms with E-state index in [1.54, 1.807) is 12.2 Å². The predicted molar refractivity (Wildman–Crippen MR) is 103 cm³/mol. The Labute approximate surface area is 153 Å². The molecule has 2 rings (SSSR count). The number of aryl methyl sites for hydroxylation is 2. The van der Waals surface area contributed by atoms with Crippen molar-refractivity contribution >= 4 is 29.0 Å². The fourth-order valence-corrected chi connectivity index (χ4v) is 2.51. The van der Waals surface area contributed by atoms with Crippen molar-refractivity contribution in [2.24, 2.45) is 0 Å². The Morgan fingerprint density at radius 1 is 0.708 bits per heavy atom. The van der Waals surface area contributed by atoms with Crippen molar-refractivity contribution in [3.63, 3.8) is 0 Å². The Balaban J connectivity index is 1.66. The summed E-state index contributed by atoms with van der Waals surface area (Å²) in [5.74, 6) is 0.0298. The summed E-state index contributed by atoms with van der Waals surface area (Å²) in [7, 11) is 0. The van der Waals surface area contributed by atoms with Crippen LogP contribution in [0.2, 0.25) is 10.0 Å². The molecular weight excluding hydrogens is 339 g/mol. The first kappa shape index (κ1) is 18.5. The lowest BCUT2D eigenvalue weighted by atomic mass is 10.1. The fourth-order valence-electron chi connectivity index (χ4n) is 2.26. The number of hydrogen-bond acceptors (Lipinski definition) is 1. The van der Waals surface area contributed by atoms with Crippen LogP contribution >= 0.6 is 23.2 Å². The van der Waals surface area contributed by atoms with Gasteiger partial charge in [-0.15, -0.1) is 0 Å². The standard InChI is InChI=1S/C21H20Cl2O/c22-19-13-9-17(10-14-19)5-1-3-7-21(24)8-4-2-6-18-11-15-20(23)16-12-18/h3-4,7-16H,1-2,5-6H2. The average Bonchev–Trinajstić information content (AvgIpc) is 2.59. The van der Waals surface area contributed by atoms with Crippen LogP contribution in [-0.2, 0) is 17.6 Å². The van der Waals surface area contributed by atoms with E-state index in [4.69, 9.17) is 23.2 Å². The van der Waals surface area contributed by atoms with Crippen LogP contribution in [0.4, 0.5) is 0 Å². The maximum absolute atomic E-state index is 11.7. The first-order chi connectivity index (χ1) is 11.6. The van der Waals surface area contributed by atoms with E-state index in [1.807, 2.05) is 60.7 Å². The second kappa shape index (κ2) is 10.1. The maximum Gasteiger partial charge on any atom is 0.177 e. The molecule has 0 aliphatic rings. The normalized spacial score (nSPS) is 11.4. The van der Waals surface area contributed by atoms with Crippen molar-refractivity contribution in [1.82, 2.24) is 0 Å². The Morgan fingerprint density at radius 3 is 1.46 bits per heavy atom. The molecular formula is C21H20Cl2O. The van der Waals surface area contributed by atoms with Gasteiger partial charge in [0, 0.05) is 10.0 Å². The molecule has 0 amide bonds. The Bertz CT molecular complexity index is 636. The van der Waals surface area contributed by atoms with Crippen LogP contribution in [0, 0.1) is 0 Å². The third-order valence-electron chi connectivity index (χ3n) is 3.59. The van der Waals surface area contributed by atoms with Crippen molar-refractivity contribution in [3.05, 3.63) is 94.0 Å². The van der Waals surface area contributed by atoms with Gasteiger partial charge in [-0.2, -0.15) is 0 Å². The summed E-state index contributed by atoms with van der Waals surface area (Å²) < 4.78 is 0. The van der Waals surface area contributed by atoms with Gasteiger partial charge in [0.1, 0.15) is 0 Å². The number of allylic oxidation sites excluding steroid dienone is 4. The van der Waals surface area contributed by atoms with E-state index < -0.39 is 0 Å². The van der Waals surface area contributed by atoms with E-state index in [-0.39, 0.29) is 5.78 Å². The molecule has 124 valence electrons. The number of rotatable bonds is 8. The minimum atomic E-state index is 0.0298. The number of halogens is 2.